The second-order valence-corrected chi connectivity index (χ2v) is 7.02. The highest BCUT2D eigenvalue weighted by atomic mass is 19.1. The average molecular weight is 434 g/mol. The van der Waals surface area contributed by atoms with Crippen LogP contribution in [-0.2, 0) is 25.6 Å². The molecular weight excluding hydrogens is 401 g/mol. The van der Waals surface area contributed by atoms with Crippen LogP contribution in [0.1, 0.15) is 37.4 Å². The summed E-state index contributed by atoms with van der Waals surface area (Å²) in [6, 6.07) is 13.8. The van der Waals surface area contributed by atoms with Gasteiger partial charge in [0.25, 0.3) is 0 Å². The van der Waals surface area contributed by atoms with E-state index in [-0.39, 0.29) is 24.9 Å². The Hall–Kier alpha value is -2.48. The van der Waals surface area contributed by atoms with Crippen molar-refractivity contribution in [3.05, 3.63) is 65.5 Å². The maximum atomic E-state index is 14.8. The standard InChI is InChI=1S/C24H32FNO5/c1-5-19(24(27)30-6-2)23(26-15-22(28-3)29-4)18-12-13-21(20(25)14-18)31-16-17-10-8-7-9-11-17/h7-14,19,22-23,26H,5-6,15-16H2,1-4H3/t19?,23-/m0/s1. The van der Waals surface area contributed by atoms with E-state index in [0.29, 0.717) is 18.5 Å². The highest BCUT2D eigenvalue weighted by Crippen LogP contribution is 2.30. The molecule has 0 aliphatic carbocycles. The van der Waals surface area contributed by atoms with Crippen molar-refractivity contribution in [2.75, 3.05) is 27.4 Å². The quantitative estimate of drug-likeness (QED) is 0.376. The summed E-state index contributed by atoms with van der Waals surface area (Å²) in [7, 11) is 3.07. The van der Waals surface area contributed by atoms with Gasteiger partial charge in [0.15, 0.2) is 17.9 Å². The number of hydrogen-bond donors (Lipinski definition) is 1. The summed E-state index contributed by atoms with van der Waals surface area (Å²) in [5.41, 5.74) is 1.57. The Labute approximate surface area is 183 Å². The molecule has 0 heterocycles. The summed E-state index contributed by atoms with van der Waals surface area (Å²) in [5, 5.41) is 3.27. The molecule has 0 aliphatic rings. The van der Waals surface area contributed by atoms with E-state index in [2.05, 4.69) is 5.32 Å². The van der Waals surface area contributed by atoms with Crippen molar-refractivity contribution in [2.24, 2.45) is 5.92 Å². The van der Waals surface area contributed by atoms with E-state index < -0.39 is 24.1 Å². The summed E-state index contributed by atoms with van der Waals surface area (Å²) in [6.45, 7) is 4.52. The summed E-state index contributed by atoms with van der Waals surface area (Å²) < 4.78 is 36.2. The Balaban J connectivity index is 2.22. The number of rotatable bonds is 13. The maximum absolute atomic E-state index is 14.8. The molecule has 2 aromatic carbocycles. The smallest absolute Gasteiger partial charge is 0.310 e. The topological polar surface area (TPSA) is 66.0 Å². The largest absolute Gasteiger partial charge is 0.486 e. The summed E-state index contributed by atoms with van der Waals surface area (Å²) in [4.78, 5) is 12.5. The van der Waals surface area contributed by atoms with Crippen molar-refractivity contribution < 1.29 is 28.1 Å². The lowest BCUT2D eigenvalue weighted by Gasteiger charge is -2.28. The minimum Gasteiger partial charge on any atom is -0.486 e. The first-order valence-electron chi connectivity index (χ1n) is 10.5. The third kappa shape index (κ3) is 7.31. The van der Waals surface area contributed by atoms with Gasteiger partial charge in [-0.1, -0.05) is 43.3 Å². The third-order valence-corrected chi connectivity index (χ3v) is 5.01. The van der Waals surface area contributed by atoms with Crippen LogP contribution in [-0.4, -0.2) is 39.6 Å². The Morgan fingerprint density at radius 1 is 1.06 bits per heavy atom. The van der Waals surface area contributed by atoms with Crippen LogP contribution in [0.5, 0.6) is 5.75 Å². The first-order valence-corrected chi connectivity index (χ1v) is 10.5. The van der Waals surface area contributed by atoms with Crippen LogP contribution < -0.4 is 10.1 Å². The van der Waals surface area contributed by atoms with Crippen LogP contribution in [0.15, 0.2) is 48.5 Å². The molecule has 170 valence electrons. The Bertz CT molecular complexity index is 798. The van der Waals surface area contributed by atoms with Crippen molar-refractivity contribution in [3.8, 4) is 5.75 Å². The average Bonchev–Trinajstić information content (AvgIpc) is 2.79. The van der Waals surface area contributed by atoms with E-state index in [9.17, 15) is 9.18 Å². The summed E-state index contributed by atoms with van der Waals surface area (Å²) in [6.07, 6.45) is 0.0233. The fourth-order valence-electron chi connectivity index (χ4n) is 3.33. The van der Waals surface area contributed by atoms with Crippen molar-refractivity contribution in [2.45, 2.75) is 39.2 Å². The molecule has 0 amide bonds. The predicted molar refractivity (Wildman–Crippen MR) is 116 cm³/mol. The van der Waals surface area contributed by atoms with Gasteiger partial charge in [-0.3, -0.25) is 4.79 Å². The van der Waals surface area contributed by atoms with Gasteiger partial charge in [-0.05, 0) is 36.6 Å². The molecule has 1 N–H and O–H groups in total. The normalized spacial score (nSPS) is 13.1. The van der Waals surface area contributed by atoms with Crippen molar-refractivity contribution >= 4 is 5.97 Å². The number of benzene rings is 2. The van der Waals surface area contributed by atoms with Gasteiger partial charge >= 0.3 is 5.97 Å². The predicted octanol–water partition coefficient (Wildman–Crippen LogP) is 4.24. The molecule has 0 aromatic heterocycles. The van der Waals surface area contributed by atoms with E-state index in [1.807, 2.05) is 37.3 Å². The fraction of sp³-hybridized carbons (Fsp3) is 0.458. The molecule has 0 spiro atoms. The first-order chi connectivity index (χ1) is 15.0. The Morgan fingerprint density at radius 3 is 2.35 bits per heavy atom. The van der Waals surface area contributed by atoms with Crippen LogP contribution in [0.25, 0.3) is 0 Å². The van der Waals surface area contributed by atoms with E-state index >= 15 is 0 Å². The summed E-state index contributed by atoms with van der Waals surface area (Å²) in [5.74, 6) is -1.17. The van der Waals surface area contributed by atoms with Crippen LogP contribution in [0.4, 0.5) is 4.39 Å². The monoisotopic (exact) mass is 433 g/mol. The lowest BCUT2D eigenvalue weighted by molar-refractivity contribution is -0.150. The molecule has 2 atom stereocenters. The lowest BCUT2D eigenvalue weighted by Crippen LogP contribution is -2.39. The highest BCUT2D eigenvalue weighted by Gasteiger charge is 2.30. The van der Waals surface area contributed by atoms with E-state index in [4.69, 9.17) is 18.9 Å². The number of ether oxygens (including phenoxy) is 4. The molecule has 6 nitrogen and oxygen atoms in total. The number of esters is 1. The number of halogens is 1. The molecule has 2 rings (SSSR count). The van der Waals surface area contributed by atoms with Gasteiger partial charge in [0.2, 0.25) is 0 Å². The fourth-order valence-corrected chi connectivity index (χ4v) is 3.33. The van der Waals surface area contributed by atoms with Crippen LogP contribution in [0, 0.1) is 11.7 Å². The van der Waals surface area contributed by atoms with E-state index in [0.717, 1.165) is 5.56 Å². The summed E-state index contributed by atoms with van der Waals surface area (Å²) >= 11 is 0. The van der Waals surface area contributed by atoms with E-state index in [1.54, 1.807) is 19.1 Å². The van der Waals surface area contributed by atoms with Gasteiger partial charge in [0.05, 0.1) is 12.5 Å². The molecule has 31 heavy (non-hydrogen) atoms. The van der Waals surface area contributed by atoms with Crippen molar-refractivity contribution in [1.82, 2.24) is 5.32 Å². The molecule has 0 saturated heterocycles. The molecular formula is C24H32FNO5. The first kappa shape index (κ1) is 24.8. The highest BCUT2D eigenvalue weighted by molar-refractivity contribution is 5.73. The second-order valence-electron chi connectivity index (χ2n) is 7.02. The minimum absolute atomic E-state index is 0.155. The molecule has 7 heteroatoms. The molecule has 0 radical (unpaired) electrons. The van der Waals surface area contributed by atoms with Crippen LogP contribution in [0.3, 0.4) is 0 Å². The zero-order valence-corrected chi connectivity index (χ0v) is 18.6. The van der Waals surface area contributed by atoms with Crippen LogP contribution >= 0.6 is 0 Å². The van der Waals surface area contributed by atoms with E-state index in [1.165, 1.54) is 20.3 Å². The zero-order valence-electron chi connectivity index (χ0n) is 18.6. The number of carbonyl (C=O) groups excluding carboxylic acids is 1. The molecule has 1 unspecified atom stereocenters. The second kappa shape index (κ2) is 13.0. The minimum atomic E-state index is -0.500. The number of nitrogens with one attached hydrogen (secondary N) is 1. The van der Waals surface area contributed by atoms with Gasteiger partial charge in [0.1, 0.15) is 6.61 Å². The maximum Gasteiger partial charge on any atom is 0.310 e. The zero-order chi connectivity index (χ0) is 22.6. The van der Waals surface area contributed by atoms with Gasteiger partial charge in [-0.15, -0.1) is 0 Å². The van der Waals surface area contributed by atoms with Gasteiger partial charge in [0, 0.05) is 26.8 Å². The SMILES string of the molecule is CCOC(=O)C(CC)[C@@H](NCC(OC)OC)c1ccc(OCc2ccccc2)c(F)c1. The number of hydrogen-bond acceptors (Lipinski definition) is 6. The Morgan fingerprint density at radius 2 is 1.77 bits per heavy atom. The van der Waals surface area contributed by atoms with Crippen molar-refractivity contribution in [3.63, 3.8) is 0 Å². The number of methoxy groups -OCH3 is 2. The van der Waals surface area contributed by atoms with Gasteiger partial charge in [-0.2, -0.15) is 0 Å². The number of carbonyl (C=O) groups is 1. The molecule has 0 aliphatic heterocycles. The third-order valence-electron chi connectivity index (χ3n) is 5.01. The molecule has 2 aromatic rings. The van der Waals surface area contributed by atoms with Crippen molar-refractivity contribution in [1.29, 1.82) is 0 Å². The van der Waals surface area contributed by atoms with Crippen LogP contribution in [0.2, 0.25) is 0 Å². The Kier molecular flexibility index (Phi) is 10.4. The van der Waals surface area contributed by atoms with Gasteiger partial charge < -0.3 is 24.3 Å². The van der Waals surface area contributed by atoms with Gasteiger partial charge in [-0.25, -0.2) is 4.39 Å². The molecule has 0 saturated carbocycles. The molecule has 0 fully saturated rings. The lowest BCUT2D eigenvalue weighted by atomic mass is 9.90. The molecule has 0 bridgehead atoms.